The van der Waals surface area contributed by atoms with Crippen LogP contribution in [0.2, 0.25) is 0 Å². The quantitative estimate of drug-likeness (QED) is 0.610. The van der Waals surface area contributed by atoms with E-state index in [1.54, 1.807) is 0 Å². The van der Waals surface area contributed by atoms with Crippen molar-refractivity contribution < 1.29 is 4.79 Å². The molecule has 2 aliphatic heterocycles. The van der Waals surface area contributed by atoms with Crippen LogP contribution in [0.1, 0.15) is 32.6 Å². The highest BCUT2D eigenvalue weighted by Crippen LogP contribution is 2.24. The average molecular weight is 365 g/mol. The minimum Gasteiger partial charge on any atom is -0.356 e. The second-order valence-electron chi connectivity index (χ2n) is 5.35. The third-order valence-electron chi connectivity index (χ3n) is 4.18. The van der Waals surface area contributed by atoms with E-state index in [9.17, 15) is 4.79 Å². The summed E-state index contributed by atoms with van der Waals surface area (Å²) in [6.07, 6.45) is 4.65. The molecule has 4 nitrogen and oxygen atoms in total. The van der Waals surface area contributed by atoms with Gasteiger partial charge < -0.3 is 10.2 Å². The Morgan fingerprint density at radius 2 is 1.78 bits per heavy atom. The fraction of sp³-hybridized carbons (Fsp3) is 0.923. The lowest BCUT2D eigenvalue weighted by Gasteiger charge is -2.40. The maximum atomic E-state index is 11.8. The Kier molecular flexibility index (Phi) is 5.69. The fourth-order valence-corrected chi connectivity index (χ4v) is 3.60. The molecule has 0 aromatic carbocycles. The van der Waals surface area contributed by atoms with Crippen molar-refractivity contribution in [2.75, 3.05) is 32.7 Å². The van der Waals surface area contributed by atoms with Gasteiger partial charge in [0.2, 0.25) is 5.91 Å². The molecule has 1 N–H and O–H groups in total. The monoisotopic (exact) mass is 365 g/mol. The molecule has 0 saturated carbocycles. The number of piperidine rings is 2. The molecule has 0 aliphatic carbocycles. The van der Waals surface area contributed by atoms with Crippen LogP contribution in [0.5, 0.6) is 0 Å². The summed E-state index contributed by atoms with van der Waals surface area (Å²) >= 11 is 2.42. The predicted octanol–water partition coefficient (Wildman–Crippen LogP) is 1.65. The van der Waals surface area contributed by atoms with Crippen LogP contribution in [0.15, 0.2) is 0 Å². The Bertz CT molecular complexity index is 271. The van der Waals surface area contributed by atoms with Gasteiger partial charge in [-0.3, -0.25) is 4.79 Å². The lowest BCUT2D eigenvalue weighted by atomic mass is 9.93. The summed E-state index contributed by atoms with van der Waals surface area (Å²) in [6.45, 7) is 7.38. The smallest absolute Gasteiger partial charge is 0.223 e. The minimum absolute atomic E-state index is 0.255. The number of nitrogens with one attached hydrogen (secondary N) is 1. The molecule has 0 bridgehead atoms. The number of likely N-dealkylation sites (tertiary alicyclic amines) is 1. The topological polar surface area (TPSA) is 35.6 Å². The highest BCUT2D eigenvalue weighted by Gasteiger charge is 2.29. The first-order valence-electron chi connectivity index (χ1n) is 7.13. The van der Waals surface area contributed by atoms with E-state index in [0.29, 0.717) is 0 Å². The van der Waals surface area contributed by atoms with E-state index >= 15 is 0 Å². The average Bonchev–Trinajstić information content (AvgIpc) is 2.40. The maximum absolute atomic E-state index is 11.8. The van der Waals surface area contributed by atoms with E-state index in [1.807, 2.05) is 6.92 Å². The van der Waals surface area contributed by atoms with Gasteiger partial charge in [-0.1, -0.05) is 0 Å². The molecule has 5 heteroatoms. The van der Waals surface area contributed by atoms with Crippen LogP contribution in [0.4, 0.5) is 0 Å². The molecule has 1 amide bonds. The van der Waals surface area contributed by atoms with Crippen molar-refractivity contribution in [2.45, 2.75) is 38.6 Å². The minimum atomic E-state index is 0.255. The number of halogens is 1. The number of hydrogen-bond donors (Lipinski definition) is 1. The summed E-state index contributed by atoms with van der Waals surface area (Å²) in [7, 11) is 0. The second kappa shape index (κ2) is 7.05. The molecule has 0 spiro atoms. The lowest BCUT2D eigenvalue weighted by molar-refractivity contribution is -0.126. The van der Waals surface area contributed by atoms with Gasteiger partial charge in [0.15, 0.2) is 0 Å². The first-order chi connectivity index (χ1) is 8.70. The van der Waals surface area contributed by atoms with Crippen molar-refractivity contribution in [1.82, 2.24) is 13.3 Å². The summed E-state index contributed by atoms with van der Waals surface area (Å²) in [5.41, 5.74) is 0. The number of carbonyl (C=O) groups is 1. The molecule has 0 unspecified atom stereocenters. The van der Waals surface area contributed by atoms with Crippen LogP contribution >= 0.6 is 22.9 Å². The Labute approximate surface area is 124 Å². The summed E-state index contributed by atoms with van der Waals surface area (Å²) in [5.74, 6) is 0.519. The summed E-state index contributed by atoms with van der Waals surface area (Å²) in [5, 5.41) is 2.95. The summed E-state index contributed by atoms with van der Waals surface area (Å²) < 4.78 is 2.38. The highest BCUT2D eigenvalue weighted by molar-refractivity contribution is 14.1. The van der Waals surface area contributed by atoms with Crippen LogP contribution in [0.25, 0.3) is 0 Å². The standard InChI is InChI=1S/C13H24IN3O/c1-2-15-13(18)11-3-7-16(8-4-11)12-5-9-17(14)10-6-12/h11-12H,2-10H2,1H3,(H,15,18). The van der Waals surface area contributed by atoms with E-state index in [4.69, 9.17) is 0 Å². The van der Waals surface area contributed by atoms with E-state index < -0.39 is 0 Å². The molecule has 0 atom stereocenters. The molecule has 0 aromatic rings. The fourth-order valence-electron chi connectivity index (χ4n) is 3.04. The van der Waals surface area contributed by atoms with E-state index in [2.05, 4.69) is 36.2 Å². The SMILES string of the molecule is CCNC(=O)C1CCN(C2CCN(I)CC2)CC1. The summed E-state index contributed by atoms with van der Waals surface area (Å²) in [4.78, 5) is 14.4. The van der Waals surface area contributed by atoms with E-state index in [0.717, 1.165) is 38.5 Å². The molecule has 2 rings (SSSR count). The number of rotatable bonds is 3. The Balaban J connectivity index is 1.74. The molecule has 2 saturated heterocycles. The number of nitrogens with zero attached hydrogens (tertiary/aromatic N) is 2. The van der Waals surface area contributed by atoms with Crippen LogP contribution in [0.3, 0.4) is 0 Å². The number of carbonyl (C=O) groups excluding carboxylic acids is 1. The van der Waals surface area contributed by atoms with Crippen LogP contribution in [0, 0.1) is 5.92 Å². The van der Waals surface area contributed by atoms with Crippen molar-refractivity contribution in [1.29, 1.82) is 0 Å². The van der Waals surface area contributed by atoms with Crippen LogP contribution in [-0.4, -0.2) is 52.7 Å². The first-order valence-corrected chi connectivity index (χ1v) is 8.09. The Morgan fingerprint density at radius 3 is 2.33 bits per heavy atom. The first kappa shape index (κ1) is 14.5. The molecule has 2 heterocycles. The Hall–Kier alpha value is 0.120. The van der Waals surface area contributed by atoms with Crippen molar-refractivity contribution >= 4 is 28.8 Å². The molecule has 104 valence electrons. The van der Waals surface area contributed by atoms with Crippen molar-refractivity contribution in [3.05, 3.63) is 0 Å². The van der Waals surface area contributed by atoms with Crippen LogP contribution in [-0.2, 0) is 4.79 Å². The molecule has 2 aliphatic rings. The second-order valence-corrected chi connectivity index (χ2v) is 6.71. The largest absolute Gasteiger partial charge is 0.356 e. The van der Waals surface area contributed by atoms with Gasteiger partial charge >= 0.3 is 0 Å². The van der Waals surface area contributed by atoms with Crippen molar-refractivity contribution in [2.24, 2.45) is 5.92 Å². The normalized spacial score (nSPS) is 25.2. The zero-order chi connectivity index (χ0) is 13.0. The molecule has 18 heavy (non-hydrogen) atoms. The van der Waals surface area contributed by atoms with E-state index in [1.165, 1.54) is 25.9 Å². The van der Waals surface area contributed by atoms with Crippen LogP contribution < -0.4 is 5.32 Å². The van der Waals surface area contributed by atoms with Gasteiger partial charge in [-0.15, -0.1) is 0 Å². The van der Waals surface area contributed by atoms with Gasteiger partial charge in [0.1, 0.15) is 0 Å². The third-order valence-corrected chi connectivity index (χ3v) is 5.14. The van der Waals surface area contributed by atoms with Crippen molar-refractivity contribution in [3.63, 3.8) is 0 Å². The molecular formula is C13H24IN3O. The highest BCUT2D eigenvalue weighted by atomic mass is 127. The zero-order valence-corrected chi connectivity index (χ0v) is 13.4. The summed E-state index contributed by atoms with van der Waals surface area (Å²) in [6, 6.07) is 0.756. The van der Waals surface area contributed by atoms with Gasteiger partial charge in [-0.05, 0) is 45.7 Å². The van der Waals surface area contributed by atoms with Gasteiger partial charge in [-0.25, -0.2) is 3.11 Å². The predicted molar refractivity (Wildman–Crippen MR) is 81.6 cm³/mol. The van der Waals surface area contributed by atoms with Crippen molar-refractivity contribution in [3.8, 4) is 0 Å². The molecular weight excluding hydrogens is 341 g/mol. The molecule has 0 radical (unpaired) electrons. The van der Waals surface area contributed by atoms with Gasteiger partial charge in [0.25, 0.3) is 0 Å². The van der Waals surface area contributed by atoms with Gasteiger partial charge in [0, 0.05) is 54.5 Å². The lowest BCUT2D eigenvalue weighted by Crippen LogP contribution is -2.47. The van der Waals surface area contributed by atoms with E-state index in [-0.39, 0.29) is 11.8 Å². The molecule has 2 fully saturated rings. The zero-order valence-electron chi connectivity index (χ0n) is 11.2. The van der Waals surface area contributed by atoms with Gasteiger partial charge in [0.05, 0.1) is 0 Å². The number of amides is 1. The maximum Gasteiger partial charge on any atom is 0.223 e. The molecule has 0 aromatic heterocycles. The third kappa shape index (κ3) is 3.81. The van der Waals surface area contributed by atoms with Gasteiger partial charge in [-0.2, -0.15) is 0 Å². The Morgan fingerprint density at radius 1 is 1.17 bits per heavy atom. The number of hydrogen-bond acceptors (Lipinski definition) is 3.